The summed E-state index contributed by atoms with van der Waals surface area (Å²) in [6.45, 7) is 0.455. The highest BCUT2D eigenvalue weighted by Crippen LogP contribution is 2.37. The molecule has 0 bridgehead atoms. The van der Waals surface area contributed by atoms with E-state index in [2.05, 4.69) is 4.98 Å². The van der Waals surface area contributed by atoms with E-state index in [4.69, 9.17) is 0 Å². The second-order valence-electron chi connectivity index (χ2n) is 6.10. The predicted octanol–water partition coefficient (Wildman–Crippen LogP) is 3.06. The normalized spacial score (nSPS) is 23.1. The number of carbonyl (C=O) groups excluding carboxylic acids is 1. The number of Topliss-reactive ketones (excluding diaryl/α,β-unsaturated/α-hetero) is 1. The summed E-state index contributed by atoms with van der Waals surface area (Å²) in [5, 5.41) is 11.7. The van der Waals surface area contributed by atoms with Gasteiger partial charge >= 0.3 is 0 Å². The number of halogens is 2. The van der Waals surface area contributed by atoms with Crippen LogP contribution >= 0.6 is 11.3 Å². The van der Waals surface area contributed by atoms with Gasteiger partial charge in [0.15, 0.2) is 0 Å². The molecule has 134 valence electrons. The zero-order chi connectivity index (χ0) is 18.3. The Morgan fingerprint density at radius 1 is 1.35 bits per heavy atom. The predicted molar refractivity (Wildman–Crippen MR) is 91.3 cm³/mol. The highest BCUT2D eigenvalue weighted by molar-refractivity contribution is 7.09. The van der Waals surface area contributed by atoms with Crippen LogP contribution in [0.3, 0.4) is 0 Å². The quantitative estimate of drug-likeness (QED) is 0.894. The zero-order valence-corrected chi connectivity index (χ0v) is 14.4. The lowest BCUT2D eigenvalue weighted by Gasteiger charge is -2.46. The van der Waals surface area contributed by atoms with Gasteiger partial charge in [-0.05, 0) is 12.1 Å². The van der Waals surface area contributed by atoms with Crippen LogP contribution in [0.15, 0.2) is 53.8 Å². The molecule has 2 aliphatic heterocycles. The molecule has 2 atom stereocenters. The number of allylic oxidation sites excluding steroid dienone is 2. The highest BCUT2D eigenvalue weighted by Gasteiger charge is 2.45. The lowest BCUT2D eigenvalue weighted by Crippen LogP contribution is -2.57. The van der Waals surface area contributed by atoms with E-state index in [1.165, 1.54) is 17.4 Å². The molecule has 26 heavy (non-hydrogen) atoms. The first-order valence-electron chi connectivity index (χ1n) is 8.03. The van der Waals surface area contributed by atoms with Crippen molar-refractivity contribution in [1.82, 2.24) is 14.9 Å². The Labute approximate surface area is 152 Å². The molecule has 8 heteroatoms. The summed E-state index contributed by atoms with van der Waals surface area (Å²) >= 11 is 1.44. The fraction of sp³-hybridized carbons (Fsp3) is 0.222. The third-order valence-corrected chi connectivity index (χ3v) is 5.36. The van der Waals surface area contributed by atoms with Gasteiger partial charge in [0.25, 0.3) is 0 Å². The number of benzene rings is 1. The van der Waals surface area contributed by atoms with Crippen molar-refractivity contribution in [3.63, 3.8) is 0 Å². The molecule has 4 rings (SSSR count). The molecule has 0 spiro atoms. The largest absolute Gasteiger partial charge is 0.347 e. The van der Waals surface area contributed by atoms with E-state index in [1.54, 1.807) is 28.8 Å². The maximum absolute atomic E-state index is 14.3. The van der Waals surface area contributed by atoms with E-state index in [1.807, 2.05) is 6.08 Å². The summed E-state index contributed by atoms with van der Waals surface area (Å²) in [5.74, 6) is -2.02. The van der Waals surface area contributed by atoms with Crippen LogP contribution in [0.25, 0.3) is 0 Å². The molecule has 2 aromatic rings. The Morgan fingerprint density at radius 3 is 2.92 bits per heavy atom. The first-order valence-corrected chi connectivity index (χ1v) is 8.91. The van der Waals surface area contributed by atoms with Gasteiger partial charge in [-0.2, -0.15) is 5.06 Å². The molecular formula is C18H15F2N3O2S. The van der Waals surface area contributed by atoms with Crippen LogP contribution < -0.4 is 0 Å². The SMILES string of the molecule is O=C1C2=CC=CCN2C(Cc2cncs2)N(O)C1c1ccc(F)cc1F. The number of fused-ring (bicyclic) bond motifs is 1. The molecule has 0 amide bonds. The Bertz CT molecular complexity index is 898. The smallest absolute Gasteiger partial charge is 0.203 e. The molecule has 1 saturated heterocycles. The minimum Gasteiger partial charge on any atom is -0.347 e. The van der Waals surface area contributed by atoms with Gasteiger partial charge in [0, 0.05) is 35.7 Å². The standard InChI is InChI=1S/C18H15F2N3O2S/c19-11-4-5-13(14(20)7-11)17-18(24)15-3-1-2-6-22(15)16(23(17)25)8-12-9-21-10-26-12/h1-5,7,9-10,16-17,25H,6,8H2. The van der Waals surface area contributed by atoms with Gasteiger partial charge in [-0.25, -0.2) is 8.78 Å². The summed E-state index contributed by atoms with van der Waals surface area (Å²) in [6, 6.07) is 1.77. The Hall–Kier alpha value is -2.42. The number of hydrogen-bond donors (Lipinski definition) is 1. The average molecular weight is 375 g/mol. The van der Waals surface area contributed by atoms with E-state index >= 15 is 0 Å². The van der Waals surface area contributed by atoms with Gasteiger partial charge in [0.2, 0.25) is 5.78 Å². The van der Waals surface area contributed by atoms with Gasteiger partial charge in [0.05, 0.1) is 11.2 Å². The molecule has 0 saturated carbocycles. The lowest BCUT2D eigenvalue weighted by atomic mass is 9.93. The van der Waals surface area contributed by atoms with Crippen LogP contribution in [0.2, 0.25) is 0 Å². The molecule has 5 nitrogen and oxygen atoms in total. The van der Waals surface area contributed by atoms with Crippen LogP contribution in [0.4, 0.5) is 8.78 Å². The fourth-order valence-electron chi connectivity index (χ4n) is 3.34. The number of nitrogens with zero attached hydrogens (tertiary/aromatic N) is 3. The minimum atomic E-state index is -1.23. The van der Waals surface area contributed by atoms with Crippen molar-refractivity contribution in [2.75, 3.05) is 6.54 Å². The van der Waals surface area contributed by atoms with Crippen molar-refractivity contribution < 1.29 is 18.8 Å². The maximum Gasteiger partial charge on any atom is 0.203 e. The van der Waals surface area contributed by atoms with Gasteiger partial charge in [-0.1, -0.05) is 18.2 Å². The second-order valence-corrected chi connectivity index (χ2v) is 7.07. The Kier molecular flexibility index (Phi) is 4.39. The topological polar surface area (TPSA) is 56.7 Å². The summed E-state index contributed by atoms with van der Waals surface area (Å²) in [6.07, 6.45) is 6.85. The summed E-state index contributed by atoms with van der Waals surface area (Å²) in [4.78, 5) is 19.7. The second kappa shape index (κ2) is 6.71. The average Bonchev–Trinajstić information content (AvgIpc) is 3.14. The van der Waals surface area contributed by atoms with Crippen LogP contribution in [0, 0.1) is 11.6 Å². The van der Waals surface area contributed by atoms with Gasteiger partial charge in [-0.15, -0.1) is 11.3 Å². The van der Waals surface area contributed by atoms with Gasteiger partial charge < -0.3 is 10.1 Å². The first kappa shape index (κ1) is 17.0. The van der Waals surface area contributed by atoms with Crippen molar-refractivity contribution in [2.45, 2.75) is 18.6 Å². The molecule has 2 aliphatic rings. The number of hydroxylamine groups is 2. The van der Waals surface area contributed by atoms with Gasteiger partial charge in [-0.3, -0.25) is 9.78 Å². The number of ketones is 1. The lowest BCUT2D eigenvalue weighted by molar-refractivity contribution is -0.209. The molecule has 1 N–H and O–H groups in total. The van der Waals surface area contributed by atoms with E-state index in [0.717, 1.165) is 22.1 Å². The van der Waals surface area contributed by atoms with E-state index in [-0.39, 0.29) is 5.56 Å². The third-order valence-electron chi connectivity index (χ3n) is 4.56. The number of rotatable bonds is 3. The monoisotopic (exact) mass is 375 g/mol. The summed E-state index contributed by atoms with van der Waals surface area (Å²) in [7, 11) is 0. The molecule has 3 heterocycles. The molecule has 1 aromatic heterocycles. The summed E-state index contributed by atoms with van der Waals surface area (Å²) in [5.41, 5.74) is 2.04. The molecule has 0 aliphatic carbocycles. The molecule has 1 fully saturated rings. The highest BCUT2D eigenvalue weighted by atomic mass is 32.1. The molecule has 2 unspecified atom stereocenters. The number of hydrogen-bond acceptors (Lipinski definition) is 6. The van der Waals surface area contributed by atoms with Gasteiger partial charge in [0.1, 0.15) is 23.8 Å². The number of thiazole rings is 1. The van der Waals surface area contributed by atoms with Crippen molar-refractivity contribution in [2.24, 2.45) is 0 Å². The Morgan fingerprint density at radius 2 is 2.19 bits per heavy atom. The van der Waals surface area contributed by atoms with E-state index in [9.17, 15) is 18.8 Å². The van der Waals surface area contributed by atoms with E-state index < -0.39 is 29.6 Å². The van der Waals surface area contributed by atoms with Crippen LogP contribution in [-0.4, -0.2) is 38.6 Å². The van der Waals surface area contributed by atoms with Crippen LogP contribution in [0.5, 0.6) is 0 Å². The number of aromatic nitrogens is 1. The maximum atomic E-state index is 14.3. The van der Waals surface area contributed by atoms with Crippen molar-refractivity contribution in [3.8, 4) is 0 Å². The van der Waals surface area contributed by atoms with Crippen molar-refractivity contribution in [1.29, 1.82) is 0 Å². The zero-order valence-electron chi connectivity index (χ0n) is 13.5. The van der Waals surface area contributed by atoms with E-state index in [0.29, 0.717) is 18.7 Å². The van der Waals surface area contributed by atoms with Crippen molar-refractivity contribution >= 4 is 17.1 Å². The van der Waals surface area contributed by atoms with Crippen molar-refractivity contribution in [3.05, 3.63) is 75.9 Å². The fourth-order valence-corrected chi connectivity index (χ4v) is 3.97. The third kappa shape index (κ3) is 2.86. The van der Waals surface area contributed by atoms with Crippen LogP contribution in [0.1, 0.15) is 16.5 Å². The Balaban J connectivity index is 1.77. The first-order chi connectivity index (χ1) is 12.6. The molecule has 0 radical (unpaired) electrons. The molecular weight excluding hydrogens is 360 g/mol. The minimum absolute atomic E-state index is 0.0525. The molecule has 1 aromatic carbocycles. The van der Waals surface area contributed by atoms with Crippen LogP contribution in [-0.2, 0) is 11.2 Å². The number of carbonyl (C=O) groups is 1. The summed E-state index contributed by atoms with van der Waals surface area (Å²) < 4.78 is 27.6.